The molecular weight excluding hydrogens is 244 g/mol. The number of hydrogen-bond donors (Lipinski definition) is 1. The first kappa shape index (κ1) is 13.9. The fourth-order valence-electron chi connectivity index (χ4n) is 2.65. The predicted molar refractivity (Wildman–Crippen MR) is 74.5 cm³/mol. The average molecular weight is 266 g/mol. The van der Waals surface area contributed by atoms with E-state index in [-0.39, 0.29) is 17.2 Å². The van der Waals surface area contributed by atoms with E-state index in [1.807, 2.05) is 0 Å². The second-order valence-corrected chi connectivity index (χ2v) is 6.10. The summed E-state index contributed by atoms with van der Waals surface area (Å²) in [6, 6.07) is 1.80. The first-order chi connectivity index (χ1) is 8.71. The summed E-state index contributed by atoms with van der Waals surface area (Å²) in [6.45, 7) is 9.78. The van der Waals surface area contributed by atoms with Crippen LogP contribution in [0.5, 0.6) is 5.88 Å². The maximum absolute atomic E-state index is 6.05. The lowest BCUT2D eigenvalue weighted by atomic mass is 9.99. The number of nitrogens with zero attached hydrogens (tertiary/aromatic N) is 3. The second-order valence-electron chi connectivity index (χ2n) is 6.10. The Morgan fingerprint density at radius 2 is 1.79 bits per heavy atom. The van der Waals surface area contributed by atoms with Crippen LogP contribution in [-0.2, 0) is 4.74 Å². The van der Waals surface area contributed by atoms with Gasteiger partial charge in [0.15, 0.2) is 0 Å². The molecule has 1 saturated heterocycles. The van der Waals surface area contributed by atoms with Crippen molar-refractivity contribution in [3.8, 4) is 5.88 Å². The zero-order valence-electron chi connectivity index (χ0n) is 12.2. The van der Waals surface area contributed by atoms with E-state index in [1.54, 1.807) is 13.2 Å². The first-order valence-corrected chi connectivity index (χ1v) is 6.34. The molecule has 1 aliphatic rings. The molecule has 2 N–H and O–H groups in total. The summed E-state index contributed by atoms with van der Waals surface area (Å²) in [7, 11) is 1.57. The molecule has 1 fully saturated rings. The highest BCUT2D eigenvalue weighted by atomic mass is 16.5. The van der Waals surface area contributed by atoms with E-state index in [2.05, 4.69) is 42.6 Å². The van der Waals surface area contributed by atoms with Crippen LogP contribution in [0.3, 0.4) is 0 Å². The minimum atomic E-state index is -0.241. The van der Waals surface area contributed by atoms with Gasteiger partial charge in [0.2, 0.25) is 11.8 Å². The number of morpholine rings is 1. The zero-order chi connectivity index (χ0) is 14.3. The average Bonchev–Trinajstić information content (AvgIpc) is 2.24. The third kappa shape index (κ3) is 3.26. The normalized spacial score (nSPS) is 21.2. The van der Waals surface area contributed by atoms with Crippen LogP contribution in [0, 0.1) is 0 Å². The highest BCUT2D eigenvalue weighted by Crippen LogP contribution is 2.31. The fourth-order valence-corrected chi connectivity index (χ4v) is 2.65. The summed E-state index contributed by atoms with van der Waals surface area (Å²) in [5.74, 6) is 1.47. The van der Waals surface area contributed by atoms with Gasteiger partial charge in [0.05, 0.1) is 18.3 Å². The smallest absolute Gasteiger partial charge is 0.225 e. The quantitative estimate of drug-likeness (QED) is 0.873. The molecule has 6 heteroatoms. The lowest BCUT2D eigenvalue weighted by Crippen LogP contribution is -2.57. The highest BCUT2D eigenvalue weighted by molar-refractivity contribution is 5.46. The van der Waals surface area contributed by atoms with E-state index >= 15 is 0 Å². The number of aromatic nitrogens is 2. The van der Waals surface area contributed by atoms with Crippen molar-refractivity contribution < 1.29 is 9.47 Å². The molecule has 2 rings (SSSR count). The Hall–Kier alpha value is -1.56. The lowest BCUT2D eigenvalue weighted by molar-refractivity contribution is -0.133. The topological polar surface area (TPSA) is 73.5 Å². The molecule has 2 heterocycles. The zero-order valence-corrected chi connectivity index (χ0v) is 12.2. The van der Waals surface area contributed by atoms with E-state index in [4.69, 9.17) is 15.2 Å². The number of methoxy groups -OCH3 is 1. The number of hydrogen-bond acceptors (Lipinski definition) is 6. The molecule has 0 saturated carbocycles. The van der Waals surface area contributed by atoms with E-state index in [0.29, 0.717) is 5.88 Å². The lowest BCUT2D eigenvalue weighted by Gasteiger charge is -2.47. The van der Waals surface area contributed by atoms with Crippen LogP contribution < -0.4 is 15.4 Å². The van der Waals surface area contributed by atoms with Gasteiger partial charge < -0.3 is 20.1 Å². The van der Waals surface area contributed by atoms with Gasteiger partial charge in [0, 0.05) is 19.2 Å². The number of rotatable bonds is 2. The van der Waals surface area contributed by atoms with Gasteiger partial charge in [0.25, 0.3) is 0 Å². The molecule has 0 bridgehead atoms. The summed E-state index contributed by atoms with van der Waals surface area (Å²) in [6.07, 6.45) is 0. The monoisotopic (exact) mass is 266 g/mol. The van der Waals surface area contributed by atoms with Crippen LogP contribution in [-0.4, -0.2) is 41.4 Å². The van der Waals surface area contributed by atoms with Gasteiger partial charge in [0.1, 0.15) is 5.82 Å². The molecule has 1 aromatic heterocycles. The SMILES string of the molecule is COc1cc(N2CC(C)(C)OC(C)(C)C2)nc(N)n1. The third-order valence-corrected chi connectivity index (χ3v) is 2.94. The molecule has 1 aromatic rings. The Morgan fingerprint density at radius 3 is 2.32 bits per heavy atom. The van der Waals surface area contributed by atoms with Gasteiger partial charge in [-0.3, -0.25) is 0 Å². The molecule has 0 atom stereocenters. The van der Waals surface area contributed by atoms with E-state index in [0.717, 1.165) is 18.9 Å². The minimum absolute atomic E-state index is 0.219. The van der Waals surface area contributed by atoms with Crippen LogP contribution in [0.2, 0.25) is 0 Å². The van der Waals surface area contributed by atoms with Crippen molar-refractivity contribution in [3.05, 3.63) is 6.07 Å². The van der Waals surface area contributed by atoms with Gasteiger partial charge in [-0.15, -0.1) is 0 Å². The summed E-state index contributed by atoms with van der Waals surface area (Å²) < 4.78 is 11.2. The van der Waals surface area contributed by atoms with Gasteiger partial charge in [-0.2, -0.15) is 9.97 Å². The summed E-state index contributed by atoms with van der Waals surface area (Å²) in [4.78, 5) is 10.5. The highest BCUT2D eigenvalue weighted by Gasteiger charge is 2.38. The van der Waals surface area contributed by atoms with Crippen molar-refractivity contribution in [2.45, 2.75) is 38.9 Å². The van der Waals surface area contributed by atoms with Gasteiger partial charge in [-0.25, -0.2) is 0 Å². The van der Waals surface area contributed by atoms with Crippen molar-refractivity contribution in [1.29, 1.82) is 0 Å². The van der Waals surface area contributed by atoms with Gasteiger partial charge in [-0.1, -0.05) is 0 Å². The Morgan fingerprint density at radius 1 is 1.21 bits per heavy atom. The molecule has 106 valence electrons. The molecule has 0 amide bonds. The predicted octanol–water partition coefficient (Wildman–Crippen LogP) is 1.46. The summed E-state index contributed by atoms with van der Waals surface area (Å²) in [5.41, 5.74) is 5.23. The van der Waals surface area contributed by atoms with Crippen LogP contribution in [0.4, 0.5) is 11.8 Å². The molecule has 0 radical (unpaired) electrons. The van der Waals surface area contributed by atoms with Gasteiger partial charge in [-0.05, 0) is 27.7 Å². The molecule has 0 spiro atoms. The van der Waals surface area contributed by atoms with Crippen molar-refractivity contribution in [2.24, 2.45) is 0 Å². The maximum atomic E-state index is 6.05. The van der Waals surface area contributed by atoms with Crippen LogP contribution in [0.1, 0.15) is 27.7 Å². The maximum Gasteiger partial charge on any atom is 0.225 e. The van der Waals surface area contributed by atoms with E-state index < -0.39 is 0 Å². The summed E-state index contributed by atoms with van der Waals surface area (Å²) in [5, 5.41) is 0. The number of anilines is 2. The van der Waals surface area contributed by atoms with E-state index in [1.165, 1.54) is 0 Å². The summed E-state index contributed by atoms with van der Waals surface area (Å²) >= 11 is 0. The van der Waals surface area contributed by atoms with Gasteiger partial charge >= 0.3 is 0 Å². The fraction of sp³-hybridized carbons (Fsp3) is 0.692. The van der Waals surface area contributed by atoms with Crippen molar-refractivity contribution in [2.75, 3.05) is 30.8 Å². The van der Waals surface area contributed by atoms with Crippen LogP contribution >= 0.6 is 0 Å². The largest absolute Gasteiger partial charge is 0.481 e. The minimum Gasteiger partial charge on any atom is -0.481 e. The van der Waals surface area contributed by atoms with Crippen LogP contribution in [0.15, 0.2) is 6.07 Å². The molecule has 1 aliphatic heterocycles. The number of ether oxygens (including phenoxy) is 2. The first-order valence-electron chi connectivity index (χ1n) is 6.34. The Bertz CT molecular complexity index is 458. The molecule has 0 aromatic carbocycles. The number of nitrogen functional groups attached to an aromatic ring is 1. The van der Waals surface area contributed by atoms with Crippen LogP contribution in [0.25, 0.3) is 0 Å². The van der Waals surface area contributed by atoms with E-state index in [9.17, 15) is 0 Å². The molecule has 6 nitrogen and oxygen atoms in total. The van der Waals surface area contributed by atoms with Crippen molar-refractivity contribution >= 4 is 11.8 Å². The Kier molecular flexibility index (Phi) is 3.30. The standard InChI is InChI=1S/C13H22N4O2/c1-12(2)7-17(8-13(3,4)19-12)9-6-10(18-5)16-11(14)15-9/h6H,7-8H2,1-5H3,(H2,14,15,16). The second kappa shape index (κ2) is 4.52. The number of nitrogens with two attached hydrogens (primary N) is 1. The van der Waals surface area contributed by atoms with Crippen molar-refractivity contribution in [1.82, 2.24) is 9.97 Å². The van der Waals surface area contributed by atoms with Crippen molar-refractivity contribution in [3.63, 3.8) is 0 Å². The molecule has 0 unspecified atom stereocenters. The Balaban J connectivity index is 2.33. The molecular formula is C13H22N4O2. The molecule has 19 heavy (non-hydrogen) atoms. The molecule has 0 aliphatic carbocycles. The Labute approximate surface area is 113 Å². The third-order valence-electron chi connectivity index (χ3n) is 2.94.